The van der Waals surface area contributed by atoms with Crippen LogP contribution in [0, 0.1) is 0 Å². The molecule has 1 aliphatic heterocycles. The minimum Gasteiger partial charge on any atom is -0.484 e. The largest absolute Gasteiger partial charge is 0.484 e. The van der Waals surface area contributed by atoms with Crippen molar-refractivity contribution in [2.75, 3.05) is 18.5 Å². The number of carbonyl (C=O) groups excluding carboxylic acids is 2. The first-order valence-electron chi connectivity index (χ1n) is 9.59. The van der Waals surface area contributed by atoms with Crippen molar-refractivity contribution < 1.29 is 14.3 Å². The SMILES string of the molecule is O=C(Nc1ccc2c(c1)CN(C(=O)COc1ccc(Cl)cc1)CC2)c1ccccn1. The quantitative estimate of drug-likeness (QED) is 0.677. The molecule has 0 bridgehead atoms. The lowest BCUT2D eigenvalue weighted by Crippen LogP contribution is -2.38. The molecule has 0 aliphatic carbocycles. The zero-order chi connectivity index (χ0) is 20.9. The Labute approximate surface area is 179 Å². The number of ether oxygens (including phenoxy) is 1. The molecule has 0 unspecified atom stereocenters. The van der Waals surface area contributed by atoms with Crippen LogP contribution in [0.15, 0.2) is 66.9 Å². The van der Waals surface area contributed by atoms with Gasteiger partial charge in [0.15, 0.2) is 6.61 Å². The zero-order valence-electron chi connectivity index (χ0n) is 16.2. The third kappa shape index (κ3) is 4.78. The molecule has 1 aliphatic rings. The molecule has 0 spiro atoms. The third-order valence-electron chi connectivity index (χ3n) is 4.90. The van der Waals surface area contributed by atoms with Crippen molar-refractivity contribution in [1.29, 1.82) is 0 Å². The Morgan fingerprint density at radius 2 is 1.90 bits per heavy atom. The minimum absolute atomic E-state index is 0.0347. The molecule has 152 valence electrons. The summed E-state index contributed by atoms with van der Waals surface area (Å²) in [7, 11) is 0. The normalized spacial score (nSPS) is 12.8. The number of benzene rings is 2. The Hall–Kier alpha value is -3.38. The van der Waals surface area contributed by atoms with E-state index in [2.05, 4.69) is 10.3 Å². The van der Waals surface area contributed by atoms with Crippen LogP contribution in [0.4, 0.5) is 5.69 Å². The van der Waals surface area contributed by atoms with Crippen molar-refractivity contribution in [1.82, 2.24) is 9.88 Å². The van der Waals surface area contributed by atoms with Gasteiger partial charge in [-0.25, -0.2) is 0 Å². The van der Waals surface area contributed by atoms with Crippen LogP contribution in [-0.4, -0.2) is 34.8 Å². The number of nitrogens with zero attached hydrogens (tertiary/aromatic N) is 2. The van der Waals surface area contributed by atoms with E-state index in [9.17, 15) is 9.59 Å². The van der Waals surface area contributed by atoms with Gasteiger partial charge >= 0.3 is 0 Å². The van der Waals surface area contributed by atoms with E-state index in [-0.39, 0.29) is 18.4 Å². The average molecular weight is 422 g/mol. The third-order valence-corrected chi connectivity index (χ3v) is 5.15. The highest BCUT2D eigenvalue weighted by Gasteiger charge is 2.21. The smallest absolute Gasteiger partial charge is 0.274 e. The first kappa shape index (κ1) is 19.9. The summed E-state index contributed by atoms with van der Waals surface area (Å²) in [5, 5.41) is 3.48. The lowest BCUT2D eigenvalue weighted by molar-refractivity contribution is -0.134. The first-order valence-corrected chi connectivity index (χ1v) is 9.96. The molecule has 1 aromatic heterocycles. The Morgan fingerprint density at radius 3 is 2.67 bits per heavy atom. The zero-order valence-corrected chi connectivity index (χ0v) is 16.9. The summed E-state index contributed by atoms with van der Waals surface area (Å²) in [6.45, 7) is 1.08. The summed E-state index contributed by atoms with van der Waals surface area (Å²) in [5.74, 6) is 0.249. The van der Waals surface area contributed by atoms with Crippen LogP contribution in [-0.2, 0) is 17.8 Å². The van der Waals surface area contributed by atoms with Gasteiger partial charge in [0, 0.05) is 30.0 Å². The number of anilines is 1. The summed E-state index contributed by atoms with van der Waals surface area (Å²) < 4.78 is 5.58. The van der Waals surface area contributed by atoms with E-state index in [1.165, 1.54) is 5.56 Å². The molecule has 7 heteroatoms. The Balaban J connectivity index is 1.38. The van der Waals surface area contributed by atoms with Crippen molar-refractivity contribution in [2.45, 2.75) is 13.0 Å². The topological polar surface area (TPSA) is 71.5 Å². The molecule has 2 aromatic carbocycles. The fourth-order valence-electron chi connectivity index (χ4n) is 3.31. The first-order chi connectivity index (χ1) is 14.6. The van der Waals surface area contributed by atoms with Crippen molar-refractivity contribution >= 4 is 29.1 Å². The molecule has 30 heavy (non-hydrogen) atoms. The lowest BCUT2D eigenvalue weighted by atomic mass is 9.99. The van der Waals surface area contributed by atoms with Gasteiger partial charge in [0.1, 0.15) is 11.4 Å². The lowest BCUT2D eigenvalue weighted by Gasteiger charge is -2.29. The van der Waals surface area contributed by atoms with Crippen LogP contribution in [0.5, 0.6) is 5.75 Å². The molecule has 0 radical (unpaired) electrons. The van der Waals surface area contributed by atoms with Crippen molar-refractivity contribution in [3.63, 3.8) is 0 Å². The van der Waals surface area contributed by atoms with Crippen LogP contribution in [0.3, 0.4) is 0 Å². The molecule has 4 rings (SSSR count). The van der Waals surface area contributed by atoms with Gasteiger partial charge in [0.25, 0.3) is 11.8 Å². The number of amides is 2. The second-order valence-electron chi connectivity index (χ2n) is 6.96. The number of carbonyl (C=O) groups is 2. The highest BCUT2D eigenvalue weighted by atomic mass is 35.5. The van der Waals surface area contributed by atoms with E-state index in [1.54, 1.807) is 53.6 Å². The van der Waals surface area contributed by atoms with E-state index < -0.39 is 0 Å². The van der Waals surface area contributed by atoms with Gasteiger partial charge in [0.2, 0.25) is 0 Å². The predicted molar refractivity (Wildman–Crippen MR) is 115 cm³/mol. The number of pyridine rings is 1. The van der Waals surface area contributed by atoms with Crippen LogP contribution in [0.2, 0.25) is 5.02 Å². The van der Waals surface area contributed by atoms with E-state index in [0.717, 1.165) is 12.0 Å². The Morgan fingerprint density at radius 1 is 1.07 bits per heavy atom. The van der Waals surface area contributed by atoms with E-state index >= 15 is 0 Å². The maximum Gasteiger partial charge on any atom is 0.274 e. The Bertz CT molecular complexity index is 1060. The van der Waals surface area contributed by atoms with Gasteiger partial charge in [-0.1, -0.05) is 23.7 Å². The van der Waals surface area contributed by atoms with Gasteiger partial charge in [-0.05, 0) is 66.1 Å². The monoisotopic (exact) mass is 421 g/mol. The maximum absolute atomic E-state index is 12.6. The van der Waals surface area contributed by atoms with Crippen molar-refractivity contribution in [3.05, 3.63) is 88.7 Å². The van der Waals surface area contributed by atoms with Gasteiger partial charge in [-0.3, -0.25) is 14.6 Å². The van der Waals surface area contributed by atoms with Crippen LogP contribution in [0.25, 0.3) is 0 Å². The van der Waals surface area contributed by atoms with E-state index in [4.69, 9.17) is 16.3 Å². The molecule has 1 N–H and O–H groups in total. The molecule has 6 nitrogen and oxygen atoms in total. The molecule has 2 heterocycles. The number of rotatable bonds is 5. The minimum atomic E-state index is -0.268. The fraction of sp³-hybridized carbons (Fsp3) is 0.174. The standard InChI is InChI=1S/C23H20ClN3O3/c24-18-5-8-20(9-6-18)30-15-22(28)27-12-10-16-4-7-19(13-17(16)14-27)26-23(29)21-3-1-2-11-25-21/h1-9,11,13H,10,12,14-15H2,(H,26,29). The average Bonchev–Trinajstić information content (AvgIpc) is 2.78. The van der Waals surface area contributed by atoms with Crippen LogP contribution < -0.4 is 10.1 Å². The summed E-state index contributed by atoms with van der Waals surface area (Å²) >= 11 is 5.86. The highest BCUT2D eigenvalue weighted by Crippen LogP contribution is 2.23. The number of hydrogen-bond donors (Lipinski definition) is 1. The molecular weight excluding hydrogens is 402 g/mol. The number of halogens is 1. The number of nitrogens with one attached hydrogen (secondary N) is 1. The van der Waals surface area contributed by atoms with Crippen molar-refractivity contribution in [3.8, 4) is 5.75 Å². The maximum atomic E-state index is 12.6. The molecule has 0 saturated heterocycles. The molecule has 0 saturated carbocycles. The molecule has 0 fully saturated rings. The second kappa shape index (κ2) is 8.97. The van der Waals surface area contributed by atoms with E-state index in [0.29, 0.717) is 35.2 Å². The van der Waals surface area contributed by atoms with Gasteiger partial charge in [0.05, 0.1) is 0 Å². The summed E-state index contributed by atoms with van der Waals surface area (Å²) in [6.07, 6.45) is 2.34. The molecule has 2 amide bonds. The van der Waals surface area contributed by atoms with Crippen LogP contribution >= 0.6 is 11.6 Å². The highest BCUT2D eigenvalue weighted by molar-refractivity contribution is 6.30. The van der Waals surface area contributed by atoms with Gasteiger partial charge < -0.3 is 15.0 Å². The molecule has 3 aromatic rings. The predicted octanol–water partition coefficient (Wildman–Crippen LogP) is 3.95. The Kier molecular flexibility index (Phi) is 5.95. The van der Waals surface area contributed by atoms with E-state index in [1.807, 2.05) is 18.2 Å². The summed E-state index contributed by atoms with van der Waals surface area (Å²) in [5.41, 5.74) is 3.22. The summed E-state index contributed by atoms with van der Waals surface area (Å²) in [6, 6.07) is 17.9. The molecular formula is C23H20ClN3O3. The molecule has 0 atom stereocenters. The summed E-state index contributed by atoms with van der Waals surface area (Å²) in [4.78, 5) is 30.8. The fourth-order valence-corrected chi connectivity index (χ4v) is 3.43. The van der Waals surface area contributed by atoms with Gasteiger partial charge in [-0.15, -0.1) is 0 Å². The number of aromatic nitrogens is 1. The van der Waals surface area contributed by atoms with Crippen molar-refractivity contribution in [2.24, 2.45) is 0 Å². The number of hydrogen-bond acceptors (Lipinski definition) is 4. The second-order valence-corrected chi connectivity index (χ2v) is 7.40. The number of fused-ring (bicyclic) bond motifs is 1. The van der Waals surface area contributed by atoms with Gasteiger partial charge in [-0.2, -0.15) is 0 Å². The van der Waals surface area contributed by atoms with Crippen LogP contribution in [0.1, 0.15) is 21.6 Å².